The zero-order valence-electron chi connectivity index (χ0n) is 19.2. The van der Waals surface area contributed by atoms with Gasteiger partial charge in [-0.2, -0.15) is 0 Å². The Hall–Kier alpha value is -3.69. The van der Waals surface area contributed by atoms with E-state index in [4.69, 9.17) is 0 Å². The molecule has 0 unspecified atom stereocenters. The van der Waals surface area contributed by atoms with Crippen molar-refractivity contribution < 1.29 is 13.5 Å². The van der Waals surface area contributed by atoms with Crippen LogP contribution in [0.5, 0.6) is 0 Å². The van der Waals surface area contributed by atoms with Crippen molar-refractivity contribution in [3.63, 3.8) is 0 Å². The molecule has 0 radical (unpaired) electrons. The summed E-state index contributed by atoms with van der Waals surface area (Å²) in [7, 11) is -3.81. The van der Waals surface area contributed by atoms with E-state index >= 15 is 0 Å². The van der Waals surface area contributed by atoms with E-state index < -0.39 is 21.7 Å². The van der Waals surface area contributed by atoms with Crippen LogP contribution in [-0.2, 0) is 27.8 Å². The fourth-order valence-electron chi connectivity index (χ4n) is 3.92. The van der Waals surface area contributed by atoms with Crippen LogP contribution >= 0.6 is 0 Å². The first-order valence-corrected chi connectivity index (χ1v) is 13.0. The molecule has 5 heteroatoms. The highest BCUT2D eigenvalue weighted by Crippen LogP contribution is 2.28. The van der Waals surface area contributed by atoms with Crippen molar-refractivity contribution in [2.75, 3.05) is 0 Å². The Bertz CT molecular complexity index is 1380. The molecule has 35 heavy (non-hydrogen) atoms. The number of benzene rings is 4. The van der Waals surface area contributed by atoms with Gasteiger partial charge in [0.1, 0.15) is 0 Å². The van der Waals surface area contributed by atoms with Gasteiger partial charge in [-0.1, -0.05) is 121 Å². The SMILES string of the molecule is O=S(=O)(Cc1ccccc1)N[C@H](Cc1ccccc1)[C@@](O)(C#Cc1ccccc1)c1ccccc1. The van der Waals surface area contributed by atoms with Gasteiger partial charge >= 0.3 is 0 Å². The van der Waals surface area contributed by atoms with Gasteiger partial charge in [-0.25, -0.2) is 13.1 Å². The summed E-state index contributed by atoms with van der Waals surface area (Å²) in [5, 5.41) is 12.1. The Labute approximate surface area is 207 Å². The van der Waals surface area contributed by atoms with E-state index in [1.807, 2.05) is 84.9 Å². The van der Waals surface area contributed by atoms with Crippen molar-refractivity contribution in [2.45, 2.75) is 23.8 Å². The molecule has 0 aliphatic carbocycles. The van der Waals surface area contributed by atoms with E-state index in [1.165, 1.54) is 0 Å². The lowest BCUT2D eigenvalue weighted by molar-refractivity contribution is 0.0638. The molecule has 0 aromatic heterocycles. The summed E-state index contributed by atoms with van der Waals surface area (Å²) in [6, 6.07) is 35.9. The molecular weight excluding hydrogens is 454 g/mol. The van der Waals surface area contributed by atoms with Gasteiger partial charge in [-0.05, 0) is 35.2 Å². The van der Waals surface area contributed by atoms with Gasteiger partial charge in [0.15, 0.2) is 5.60 Å². The van der Waals surface area contributed by atoms with Crippen LogP contribution < -0.4 is 4.72 Å². The van der Waals surface area contributed by atoms with E-state index in [1.54, 1.807) is 36.4 Å². The zero-order valence-corrected chi connectivity index (χ0v) is 20.0. The summed E-state index contributed by atoms with van der Waals surface area (Å²) in [4.78, 5) is 0. The Kier molecular flexibility index (Phi) is 7.79. The summed E-state index contributed by atoms with van der Waals surface area (Å²) in [6.07, 6.45) is 0.254. The van der Waals surface area contributed by atoms with Gasteiger partial charge in [0, 0.05) is 5.56 Å². The molecule has 0 fully saturated rings. The number of nitrogens with one attached hydrogen (secondary N) is 1. The number of sulfonamides is 1. The summed E-state index contributed by atoms with van der Waals surface area (Å²) in [6.45, 7) is 0. The highest BCUT2D eigenvalue weighted by Gasteiger charge is 2.39. The third-order valence-corrected chi connectivity index (χ3v) is 7.05. The maximum atomic E-state index is 13.3. The van der Waals surface area contributed by atoms with E-state index in [-0.39, 0.29) is 12.2 Å². The molecule has 4 rings (SSSR count). The summed E-state index contributed by atoms with van der Waals surface area (Å²) < 4.78 is 29.4. The first-order chi connectivity index (χ1) is 16.9. The predicted octanol–water partition coefficient (Wildman–Crippen LogP) is 4.66. The van der Waals surface area contributed by atoms with Crippen LogP contribution in [0.25, 0.3) is 0 Å². The molecule has 0 aliphatic rings. The Morgan fingerprint density at radius 2 is 1.20 bits per heavy atom. The van der Waals surface area contributed by atoms with Crippen LogP contribution in [0.1, 0.15) is 22.3 Å². The second-order valence-electron chi connectivity index (χ2n) is 8.35. The molecule has 0 spiro atoms. The third-order valence-electron chi connectivity index (χ3n) is 5.69. The average molecular weight is 482 g/mol. The van der Waals surface area contributed by atoms with Crippen LogP contribution in [0.15, 0.2) is 121 Å². The van der Waals surface area contributed by atoms with E-state index in [0.717, 1.165) is 11.1 Å². The molecule has 0 saturated heterocycles. The smallest absolute Gasteiger partial charge is 0.216 e. The minimum absolute atomic E-state index is 0.198. The lowest BCUT2D eigenvalue weighted by Gasteiger charge is -2.33. The van der Waals surface area contributed by atoms with Crippen molar-refractivity contribution in [3.05, 3.63) is 144 Å². The molecule has 176 valence electrons. The van der Waals surface area contributed by atoms with Crippen molar-refractivity contribution in [1.29, 1.82) is 0 Å². The quantitative estimate of drug-likeness (QED) is 0.360. The standard InChI is InChI=1S/C30H27NO3S/c32-30(28-19-11-4-12-20-28,22-21-25-13-5-1-6-14-25)29(23-26-15-7-2-8-16-26)31-35(33,34)24-27-17-9-3-10-18-27/h1-20,29,31-32H,23-24H2/t29-,30-/m1/s1. The Morgan fingerprint density at radius 3 is 1.77 bits per heavy atom. The predicted molar refractivity (Wildman–Crippen MR) is 140 cm³/mol. The lowest BCUT2D eigenvalue weighted by Crippen LogP contribution is -2.51. The number of aliphatic hydroxyl groups is 1. The summed E-state index contributed by atoms with van der Waals surface area (Å²) >= 11 is 0. The van der Waals surface area contributed by atoms with E-state index in [9.17, 15) is 13.5 Å². The fourth-order valence-corrected chi connectivity index (χ4v) is 5.32. The van der Waals surface area contributed by atoms with E-state index in [2.05, 4.69) is 16.6 Å². The Balaban J connectivity index is 1.77. The first kappa shape index (κ1) is 24.4. The Morgan fingerprint density at radius 1 is 0.714 bits per heavy atom. The highest BCUT2D eigenvalue weighted by molar-refractivity contribution is 7.88. The maximum Gasteiger partial charge on any atom is 0.216 e. The van der Waals surface area contributed by atoms with Gasteiger partial charge in [0.2, 0.25) is 10.0 Å². The molecule has 0 bridgehead atoms. The second-order valence-corrected chi connectivity index (χ2v) is 10.1. The van der Waals surface area contributed by atoms with Crippen molar-refractivity contribution in [2.24, 2.45) is 0 Å². The van der Waals surface area contributed by atoms with Crippen LogP contribution in [0.3, 0.4) is 0 Å². The molecule has 0 heterocycles. The lowest BCUT2D eigenvalue weighted by atomic mass is 9.83. The van der Waals surface area contributed by atoms with Gasteiger partial charge < -0.3 is 5.11 Å². The van der Waals surface area contributed by atoms with Gasteiger partial charge in [-0.3, -0.25) is 0 Å². The molecule has 0 saturated carbocycles. The largest absolute Gasteiger partial charge is 0.372 e. The topological polar surface area (TPSA) is 66.4 Å². The number of rotatable bonds is 8. The van der Waals surface area contributed by atoms with Crippen molar-refractivity contribution >= 4 is 10.0 Å². The minimum Gasteiger partial charge on any atom is -0.372 e. The van der Waals surface area contributed by atoms with Crippen LogP contribution in [0.2, 0.25) is 0 Å². The molecule has 2 atom stereocenters. The molecule has 4 aromatic rings. The molecule has 0 amide bonds. The molecule has 4 aromatic carbocycles. The first-order valence-electron chi connectivity index (χ1n) is 11.4. The zero-order chi connectivity index (χ0) is 24.6. The van der Waals surface area contributed by atoms with Crippen LogP contribution in [0, 0.1) is 11.8 Å². The van der Waals surface area contributed by atoms with Crippen molar-refractivity contribution in [1.82, 2.24) is 4.72 Å². The second kappa shape index (κ2) is 11.2. The average Bonchev–Trinajstić information content (AvgIpc) is 2.89. The molecule has 4 nitrogen and oxygen atoms in total. The molecule has 2 N–H and O–H groups in total. The van der Waals surface area contributed by atoms with Gasteiger partial charge in [0.25, 0.3) is 0 Å². The highest BCUT2D eigenvalue weighted by atomic mass is 32.2. The van der Waals surface area contributed by atoms with Gasteiger partial charge in [-0.15, -0.1) is 0 Å². The third kappa shape index (κ3) is 6.68. The van der Waals surface area contributed by atoms with Crippen molar-refractivity contribution in [3.8, 4) is 11.8 Å². The molecular formula is C30H27NO3S. The van der Waals surface area contributed by atoms with Crippen LogP contribution in [0.4, 0.5) is 0 Å². The van der Waals surface area contributed by atoms with Gasteiger partial charge in [0.05, 0.1) is 11.8 Å². The minimum atomic E-state index is -3.81. The normalized spacial score (nSPS) is 13.7. The fraction of sp³-hybridized carbons (Fsp3) is 0.133. The summed E-state index contributed by atoms with van der Waals surface area (Å²) in [5.74, 6) is 5.87. The number of hydrogen-bond acceptors (Lipinski definition) is 3. The van der Waals surface area contributed by atoms with E-state index in [0.29, 0.717) is 11.1 Å². The monoisotopic (exact) mass is 481 g/mol. The number of hydrogen-bond donors (Lipinski definition) is 2. The summed E-state index contributed by atoms with van der Waals surface area (Å²) in [5.41, 5.74) is 1.02. The van der Waals surface area contributed by atoms with Crippen LogP contribution in [-0.4, -0.2) is 19.6 Å². The molecule has 0 aliphatic heterocycles. The maximum absolute atomic E-state index is 13.3.